The molecular formula is C13H15ClN4O. The number of hydrogen-bond donors (Lipinski definition) is 3. The first kappa shape index (κ1) is 13.4. The molecule has 0 atom stereocenters. The van der Waals surface area contributed by atoms with Gasteiger partial charge in [-0.2, -0.15) is 5.10 Å². The molecule has 0 fully saturated rings. The van der Waals surface area contributed by atoms with Crippen LogP contribution < -0.4 is 11.1 Å². The highest BCUT2D eigenvalue weighted by atomic mass is 35.5. The number of rotatable bonds is 3. The predicted molar refractivity (Wildman–Crippen MR) is 76.5 cm³/mol. The van der Waals surface area contributed by atoms with Crippen molar-refractivity contribution in [2.75, 3.05) is 11.1 Å². The lowest BCUT2D eigenvalue weighted by Gasteiger charge is -2.09. The Morgan fingerprint density at radius 1 is 1.53 bits per heavy atom. The number of H-pyrrole nitrogens is 1. The van der Waals surface area contributed by atoms with Gasteiger partial charge in [-0.3, -0.25) is 9.89 Å². The van der Waals surface area contributed by atoms with E-state index in [1.165, 1.54) is 0 Å². The fourth-order valence-electron chi connectivity index (χ4n) is 1.79. The van der Waals surface area contributed by atoms with Crippen LogP contribution in [0.3, 0.4) is 0 Å². The summed E-state index contributed by atoms with van der Waals surface area (Å²) in [4.78, 5) is 12.1. The molecule has 5 nitrogen and oxygen atoms in total. The van der Waals surface area contributed by atoms with Gasteiger partial charge in [0.1, 0.15) is 0 Å². The van der Waals surface area contributed by atoms with Crippen molar-refractivity contribution < 1.29 is 4.79 Å². The predicted octanol–water partition coefficient (Wildman–Crippen LogP) is 2.77. The van der Waals surface area contributed by atoms with Crippen LogP contribution in [0.1, 0.15) is 28.7 Å². The van der Waals surface area contributed by atoms with E-state index >= 15 is 0 Å². The van der Waals surface area contributed by atoms with Gasteiger partial charge in [-0.25, -0.2) is 0 Å². The molecule has 1 amide bonds. The topological polar surface area (TPSA) is 83.8 Å². The highest BCUT2D eigenvalue weighted by molar-refractivity contribution is 6.34. The van der Waals surface area contributed by atoms with Crippen LogP contribution in [-0.2, 0) is 6.42 Å². The summed E-state index contributed by atoms with van der Waals surface area (Å²) in [5.41, 5.74) is 8.64. The van der Waals surface area contributed by atoms with Gasteiger partial charge in [-0.15, -0.1) is 0 Å². The second kappa shape index (κ2) is 5.32. The van der Waals surface area contributed by atoms with Crippen LogP contribution in [0, 0.1) is 6.92 Å². The first-order chi connectivity index (χ1) is 9.04. The van der Waals surface area contributed by atoms with Crippen molar-refractivity contribution in [3.05, 3.63) is 40.2 Å². The number of halogens is 1. The highest BCUT2D eigenvalue weighted by Crippen LogP contribution is 2.26. The number of aryl methyl sites for hydroxylation is 2. The van der Waals surface area contributed by atoms with Crippen LogP contribution in [0.25, 0.3) is 0 Å². The number of nitrogen functional groups attached to an aromatic ring is 1. The van der Waals surface area contributed by atoms with E-state index in [1.54, 1.807) is 6.07 Å². The van der Waals surface area contributed by atoms with E-state index in [9.17, 15) is 4.79 Å². The summed E-state index contributed by atoms with van der Waals surface area (Å²) in [6, 6.07) is 5.41. The Labute approximate surface area is 116 Å². The van der Waals surface area contributed by atoms with Gasteiger partial charge >= 0.3 is 0 Å². The van der Waals surface area contributed by atoms with E-state index in [4.69, 9.17) is 17.3 Å². The molecule has 4 N–H and O–H groups in total. The van der Waals surface area contributed by atoms with Crippen molar-refractivity contribution in [3.63, 3.8) is 0 Å². The summed E-state index contributed by atoms with van der Waals surface area (Å²) in [5.74, 6) is -0.371. The number of nitrogens with two attached hydrogens (primary N) is 1. The van der Waals surface area contributed by atoms with Crippen molar-refractivity contribution in [1.82, 2.24) is 10.2 Å². The maximum Gasteiger partial charge on any atom is 0.278 e. The molecule has 1 aromatic heterocycles. The molecule has 6 heteroatoms. The molecule has 0 aliphatic heterocycles. The van der Waals surface area contributed by atoms with E-state index in [2.05, 4.69) is 15.5 Å². The molecule has 1 heterocycles. The summed E-state index contributed by atoms with van der Waals surface area (Å²) in [6.45, 7) is 3.80. The van der Waals surface area contributed by atoms with Crippen LogP contribution in [0.15, 0.2) is 18.2 Å². The van der Waals surface area contributed by atoms with Gasteiger partial charge in [0.05, 0.1) is 22.1 Å². The SMILES string of the molecule is CCc1[nH]nc(C(=O)Nc2c(C)cccc2Cl)c1N. The smallest absolute Gasteiger partial charge is 0.278 e. The lowest BCUT2D eigenvalue weighted by atomic mass is 10.2. The number of amides is 1. The summed E-state index contributed by atoms with van der Waals surface area (Å²) in [7, 11) is 0. The Balaban J connectivity index is 2.28. The zero-order valence-corrected chi connectivity index (χ0v) is 11.5. The zero-order chi connectivity index (χ0) is 14.0. The summed E-state index contributed by atoms with van der Waals surface area (Å²) >= 11 is 6.06. The van der Waals surface area contributed by atoms with E-state index in [0.717, 1.165) is 11.3 Å². The minimum Gasteiger partial charge on any atom is -0.395 e. The summed E-state index contributed by atoms with van der Waals surface area (Å²) in [6.07, 6.45) is 0.692. The van der Waals surface area contributed by atoms with Crippen molar-refractivity contribution in [2.45, 2.75) is 20.3 Å². The number of aromatic amines is 1. The highest BCUT2D eigenvalue weighted by Gasteiger charge is 2.18. The maximum absolute atomic E-state index is 12.1. The second-order valence-corrected chi connectivity index (χ2v) is 4.61. The third-order valence-corrected chi connectivity index (χ3v) is 3.23. The van der Waals surface area contributed by atoms with Gasteiger partial charge < -0.3 is 11.1 Å². The minimum atomic E-state index is -0.371. The molecular weight excluding hydrogens is 264 g/mol. The van der Waals surface area contributed by atoms with Gasteiger partial charge in [0.2, 0.25) is 0 Å². The molecule has 0 bridgehead atoms. The average molecular weight is 279 g/mol. The van der Waals surface area contributed by atoms with Gasteiger partial charge in [0.15, 0.2) is 5.69 Å². The molecule has 0 unspecified atom stereocenters. The van der Waals surface area contributed by atoms with Gasteiger partial charge in [-0.05, 0) is 25.0 Å². The van der Waals surface area contributed by atoms with Crippen molar-refractivity contribution in [2.24, 2.45) is 0 Å². The van der Waals surface area contributed by atoms with Crippen LogP contribution in [-0.4, -0.2) is 16.1 Å². The first-order valence-electron chi connectivity index (χ1n) is 5.93. The van der Waals surface area contributed by atoms with E-state index in [-0.39, 0.29) is 11.6 Å². The molecule has 0 aliphatic carbocycles. The number of nitrogens with zero attached hydrogens (tertiary/aromatic N) is 1. The fraction of sp³-hybridized carbons (Fsp3) is 0.231. The number of nitrogens with one attached hydrogen (secondary N) is 2. The van der Waals surface area contributed by atoms with Crippen LogP contribution in [0.5, 0.6) is 0 Å². The average Bonchev–Trinajstić information content (AvgIpc) is 2.75. The number of hydrogen-bond acceptors (Lipinski definition) is 3. The summed E-state index contributed by atoms with van der Waals surface area (Å²) < 4.78 is 0. The number of carbonyl (C=O) groups excluding carboxylic acids is 1. The van der Waals surface area contributed by atoms with Crippen LogP contribution in [0.4, 0.5) is 11.4 Å². The Morgan fingerprint density at radius 2 is 2.26 bits per heavy atom. The molecule has 100 valence electrons. The van der Waals surface area contributed by atoms with Gasteiger partial charge in [0.25, 0.3) is 5.91 Å². The molecule has 1 aromatic carbocycles. The molecule has 0 saturated carbocycles. The summed E-state index contributed by atoms with van der Waals surface area (Å²) in [5, 5.41) is 9.91. The molecule has 0 saturated heterocycles. The van der Waals surface area contributed by atoms with Crippen molar-refractivity contribution in [3.8, 4) is 0 Å². The third kappa shape index (κ3) is 2.56. The van der Waals surface area contributed by atoms with E-state index in [1.807, 2.05) is 26.0 Å². The Morgan fingerprint density at radius 3 is 2.84 bits per heavy atom. The molecule has 2 rings (SSSR count). The van der Waals surface area contributed by atoms with Gasteiger partial charge in [0, 0.05) is 0 Å². The van der Waals surface area contributed by atoms with E-state index < -0.39 is 0 Å². The number of aromatic nitrogens is 2. The minimum absolute atomic E-state index is 0.191. The number of anilines is 2. The number of para-hydroxylation sites is 1. The molecule has 2 aromatic rings. The second-order valence-electron chi connectivity index (χ2n) is 4.20. The standard InChI is InChI=1S/C13H15ClN4O/c1-3-9-10(15)12(18-17-9)13(19)16-11-7(2)5-4-6-8(11)14/h4-6H,3,15H2,1-2H3,(H,16,19)(H,17,18). The molecule has 19 heavy (non-hydrogen) atoms. The lowest BCUT2D eigenvalue weighted by molar-refractivity contribution is 0.102. The van der Waals surface area contributed by atoms with Crippen molar-refractivity contribution >= 4 is 28.9 Å². The lowest BCUT2D eigenvalue weighted by Crippen LogP contribution is -2.15. The normalized spacial score (nSPS) is 10.5. The number of benzene rings is 1. The monoisotopic (exact) mass is 278 g/mol. The van der Waals surface area contributed by atoms with Gasteiger partial charge in [-0.1, -0.05) is 30.7 Å². The quantitative estimate of drug-likeness (QED) is 0.807. The number of carbonyl (C=O) groups is 1. The van der Waals surface area contributed by atoms with Crippen molar-refractivity contribution in [1.29, 1.82) is 0 Å². The molecule has 0 aliphatic rings. The van der Waals surface area contributed by atoms with E-state index in [0.29, 0.717) is 22.8 Å². The Hall–Kier alpha value is -2.01. The van der Waals surface area contributed by atoms with Crippen LogP contribution >= 0.6 is 11.6 Å². The fourth-order valence-corrected chi connectivity index (χ4v) is 2.06. The molecule has 0 radical (unpaired) electrons. The zero-order valence-electron chi connectivity index (χ0n) is 10.7. The maximum atomic E-state index is 12.1. The molecule has 0 spiro atoms. The Bertz CT molecular complexity index is 601. The first-order valence-corrected chi connectivity index (χ1v) is 6.31. The third-order valence-electron chi connectivity index (χ3n) is 2.91. The Kier molecular flexibility index (Phi) is 3.76. The van der Waals surface area contributed by atoms with Crippen LogP contribution in [0.2, 0.25) is 5.02 Å². The largest absolute Gasteiger partial charge is 0.395 e.